The lowest BCUT2D eigenvalue weighted by atomic mass is 10.0. The first-order valence-corrected chi connectivity index (χ1v) is 4.11. The molecule has 1 amide bonds. The standard InChI is InChI=1S/C8H11NO3/c1-5-3-4-8(2)6(10)12-7(11)9(5)8/h5H,3-4H2,1-2H3/t5?,8-/m1/s1. The summed E-state index contributed by atoms with van der Waals surface area (Å²) in [5.74, 6) is -0.392. The summed E-state index contributed by atoms with van der Waals surface area (Å²) in [4.78, 5) is 24.0. The Bertz CT molecular complexity index is 263. The molecule has 2 fully saturated rings. The van der Waals surface area contributed by atoms with Gasteiger partial charge in [-0.3, -0.25) is 4.90 Å². The van der Waals surface area contributed by atoms with Crippen molar-refractivity contribution in [1.29, 1.82) is 0 Å². The number of rotatable bonds is 0. The minimum atomic E-state index is -0.670. The van der Waals surface area contributed by atoms with Gasteiger partial charge in [-0.25, -0.2) is 9.59 Å². The van der Waals surface area contributed by atoms with E-state index >= 15 is 0 Å². The summed E-state index contributed by atoms with van der Waals surface area (Å²) in [5.41, 5.74) is -0.670. The quantitative estimate of drug-likeness (QED) is 0.400. The van der Waals surface area contributed by atoms with E-state index in [4.69, 9.17) is 0 Å². The lowest BCUT2D eigenvalue weighted by Crippen LogP contribution is -2.44. The van der Waals surface area contributed by atoms with Crippen LogP contribution >= 0.6 is 0 Å². The molecule has 0 N–H and O–H groups in total. The van der Waals surface area contributed by atoms with Gasteiger partial charge in [0.1, 0.15) is 5.54 Å². The molecule has 4 nitrogen and oxygen atoms in total. The maximum atomic E-state index is 11.2. The fourth-order valence-electron chi connectivity index (χ4n) is 2.05. The number of ether oxygens (including phenoxy) is 1. The molecular formula is C8H11NO3. The number of cyclic esters (lactones) is 2. The first kappa shape index (κ1) is 7.58. The minimum Gasteiger partial charge on any atom is -0.374 e. The van der Waals surface area contributed by atoms with E-state index in [1.165, 1.54) is 0 Å². The van der Waals surface area contributed by atoms with Gasteiger partial charge in [0.2, 0.25) is 0 Å². The summed E-state index contributed by atoms with van der Waals surface area (Å²) >= 11 is 0. The van der Waals surface area contributed by atoms with Crippen molar-refractivity contribution in [1.82, 2.24) is 4.90 Å². The van der Waals surface area contributed by atoms with Crippen LogP contribution < -0.4 is 0 Å². The lowest BCUT2D eigenvalue weighted by molar-refractivity contribution is -0.139. The number of amides is 1. The second kappa shape index (κ2) is 2.00. The van der Waals surface area contributed by atoms with Gasteiger partial charge in [0.05, 0.1) is 0 Å². The number of hydrogen-bond donors (Lipinski definition) is 0. The fraction of sp³-hybridized carbons (Fsp3) is 0.750. The van der Waals surface area contributed by atoms with Crippen LogP contribution in [0.2, 0.25) is 0 Å². The average Bonchev–Trinajstić information content (AvgIpc) is 2.38. The SMILES string of the molecule is CC1CC[C@]2(C)C(=O)OC(=O)N12. The average molecular weight is 169 g/mol. The molecule has 2 rings (SSSR count). The van der Waals surface area contributed by atoms with E-state index in [0.717, 1.165) is 12.8 Å². The van der Waals surface area contributed by atoms with Crippen molar-refractivity contribution in [2.45, 2.75) is 38.3 Å². The van der Waals surface area contributed by atoms with Gasteiger partial charge in [-0.2, -0.15) is 0 Å². The van der Waals surface area contributed by atoms with Gasteiger partial charge < -0.3 is 4.74 Å². The molecule has 0 radical (unpaired) electrons. The molecular weight excluding hydrogens is 158 g/mol. The van der Waals surface area contributed by atoms with E-state index in [-0.39, 0.29) is 6.04 Å². The van der Waals surface area contributed by atoms with E-state index < -0.39 is 17.6 Å². The zero-order valence-corrected chi connectivity index (χ0v) is 7.16. The topological polar surface area (TPSA) is 46.6 Å². The van der Waals surface area contributed by atoms with E-state index in [0.29, 0.717) is 0 Å². The van der Waals surface area contributed by atoms with Crippen LogP contribution in [0.1, 0.15) is 26.7 Å². The van der Waals surface area contributed by atoms with Gasteiger partial charge in [0.15, 0.2) is 0 Å². The van der Waals surface area contributed by atoms with Gasteiger partial charge in [-0.05, 0) is 26.7 Å². The molecule has 0 spiro atoms. The van der Waals surface area contributed by atoms with E-state index in [2.05, 4.69) is 4.74 Å². The molecule has 2 aliphatic heterocycles. The summed E-state index contributed by atoms with van der Waals surface area (Å²) in [6, 6.07) is 0.133. The number of hydrogen-bond acceptors (Lipinski definition) is 3. The molecule has 0 saturated carbocycles. The second-order valence-corrected chi connectivity index (χ2v) is 3.69. The van der Waals surface area contributed by atoms with Crippen LogP contribution in [0.5, 0.6) is 0 Å². The van der Waals surface area contributed by atoms with Crippen molar-refractivity contribution in [3.05, 3.63) is 0 Å². The number of carbonyl (C=O) groups excluding carboxylic acids is 2. The van der Waals surface area contributed by atoms with Crippen molar-refractivity contribution in [3.63, 3.8) is 0 Å². The molecule has 0 aromatic carbocycles. The highest BCUT2D eigenvalue weighted by Gasteiger charge is 2.57. The predicted octanol–water partition coefficient (Wildman–Crippen LogP) is 0.906. The van der Waals surface area contributed by atoms with Gasteiger partial charge in [-0.1, -0.05) is 0 Å². The Morgan fingerprint density at radius 3 is 2.83 bits per heavy atom. The molecule has 0 aromatic rings. The zero-order chi connectivity index (χ0) is 8.93. The van der Waals surface area contributed by atoms with Crippen molar-refractivity contribution in [3.8, 4) is 0 Å². The van der Waals surface area contributed by atoms with Crippen molar-refractivity contribution < 1.29 is 14.3 Å². The maximum absolute atomic E-state index is 11.2. The molecule has 12 heavy (non-hydrogen) atoms. The third-order valence-corrected chi connectivity index (χ3v) is 2.84. The third-order valence-electron chi connectivity index (χ3n) is 2.84. The first-order valence-electron chi connectivity index (χ1n) is 4.11. The summed E-state index contributed by atoms with van der Waals surface area (Å²) < 4.78 is 4.55. The molecule has 66 valence electrons. The largest absolute Gasteiger partial charge is 0.418 e. The molecule has 0 bridgehead atoms. The van der Waals surface area contributed by atoms with Gasteiger partial charge in [-0.15, -0.1) is 0 Å². The zero-order valence-electron chi connectivity index (χ0n) is 7.16. The first-order chi connectivity index (χ1) is 5.55. The Kier molecular flexibility index (Phi) is 1.26. The fourth-order valence-corrected chi connectivity index (χ4v) is 2.05. The summed E-state index contributed by atoms with van der Waals surface area (Å²) in [6.07, 6.45) is 1.13. The van der Waals surface area contributed by atoms with Gasteiger partial charge in [0.25, 0.3) is 0 Å². The second-order valence-electron chi connectivity index (χ2n) is 3.69. The minimum absolute atomic E-state index is 0.133. The van der Waals surface area contributed by atoms with Crippen LogP contribution in [0, 0.1) is 0 Å². The Morgan fingerprint density at radius 2 is 2.25 bits per heavy atom. The van der Waals surface area contributed by atoms with Crippen LogP contribution in [0.4, 0.5) is 4.79 Å². The molecule has 1 unspecified atom stereocenters. The highest BCUT2D eigenvalue weighted by atomic mass is 16.6. The van der Waals surface area contributed by atoms with Crippen LogP contribution in [-0.2, 0) is 9.53 Å². The van der Waals surface area contributed by atoms with Gasteiger partial charge in [0, 0.05) is 6.04 Å². The monoisotopic (exact) mass is 169 g/mol. The molecule has 2 atom stereocenters. The Balaban J connectivity index is 2.41. The summed E-state index contributed by atoms with van der Waals surface area (Å²) in [5, 5.41) is 0. The number of nitrogens with zero attached hydrogens (tertiary/aromatic N) is 1. The predicted molar refractivity (Wildman–Crippen MR) is 40.4 cm³/mol. The molecule has 0 aromatic heterocycles. The van der Waals surface area contributed by atoms with Crippen LogP contribution in [0.15, 0.2) is 0 Å². The Hall–Kier alpha value is -1.06. The van der Waals surface area contributed by atoms with Crippen molar-refractivity contribution >= 4 is 12.1 Å². The lowest BCUT2D eigenvalue weighted by Gasteiger charge is -2.23. The molecule has 2 heterocycles. The number of carbonyl (C=O) groups is 2. The molecule has 2 aliphatic rings. The highest BCUT2D eigenvalue weighted by Crippen LogP contribution is 2.39. The van der Waals surface area contributed by atoms with Crippen LogP contribution in [0.25, 0.3) is 0 Å². The number of esters is 1. The van der Waals surface area contributed by atoms with E-state index in [9.17, 15) is 9.59 Å². The third kappa shape index (κ3) is 0.673. The molecule has 0 aliphatic carbocycles. The normalized spacial score (nSPS) is 40.2. The molecule has 4 heteroatoms. The Labute approximate surface area is 70.5 Å². The Morgan fingerprint density at radius 1 is 1.58 bits per heavy atom. The summed E-state index contributed by atoms with van der Waals surface area (Å²) in [6.45, 7) is 3.70. The van der Waals surface area contributed by atoms with Crippen molar-refractivity contribution in [2.75, 3.05) is 0 Å². The van der Waals surface area contributed by atoms with E-state index in [1.54, 1.807) is 11.8 Å². The van der Waals surface area contributed by atoms with E-state index in [1.807, 2.05) is 6.92 Å². The highest BCUT2D eigenvalue weighted by molar-refractivity contribution is 5.99. The maximum Gasteiger partial charge on any atom is 0.418 e. The smallest absolute Gasteiger partial charge is 0.374 e. The van der Waals surface area contributed by atoms with Crippen molar-refractivity contribution in [2.24, 2.45) is 0 Å². The van der Waals surface area contributed by atoms with Gasteiger partial charge >= 0.3 is 12.1 Å². The van der Waals surface area contributed by atoms with Crippen LogP contribution in [-0.4, -0.2) is 28.5 Å². The number of fused-ring (bicyclic) bond motifs is 1. The summed E-state index contributed by atoms with van der Waals surface area (Å²) in [7, 11) is 0. The molecule has 2 saturated heterocycles. The van der Waals surface area contributed by atoms with Crippen LogP contribution in [0.3, 0.4) is 0 Å².